The minimum Gasteiger partial charge on any atom is -0.386 e. The topological polar surface area (TPSA) is 46.2 Å². The van der Waals surface area contributed by atoms with E-state index in [0.29, 0.717) is 0 Å². The molecule has 0 aromatic carbocycles. The van der Waals surface area contributed by atoms with E-state index in [-0.39, 0.29) is 0 Å². The van der Waals surface area contributed by atoms with Crippen LogP contribution in [0.25, 0.3) is 0 Å². The molecule has 0 amide bonds. The minimum atomic E-state index is -1.50. The Balaban J connectivity index is 3.02. The fraction of sp³-hybridized carbons (Fsp3) is 1.00. The molecule has 0 heterocycles. The van der Waals surface area contributed by atoms with E-state index in [1.807, 2.05) is 0 Å². The van der Waals surface area contributed by atoms with Crippen LogP contribution in [0.5, 0.6) is 0 Å². The van der Waals surface area contributed by atoms with Gasteiger partial charge in [-0.15, -0.1) is 0 Å². The summed E-state index contributed by atoms with van der Waals surface area (Å²) in [6.45, 7) is 1.30. The van der Waals surface area contributed by atoms with Crippen LogP contribution in [0.2, 0.25) is 0 Å². The quantitative estimate of drug-likeness (QED) is 0.277. The summed E-state index contributed by atoms with van der Waals surface area (Å²) < 4.78 is 0. The Morgan fingerprint density at radius 3 is 2.00 bits per heavy atom. The van der Waals surface area contributed by atoms with Gasteiger partial charge in [0.1, 0.15) is 7.85 Å². The van der Waals surface area contributed by atoms with Crippen molar-refractivity contribution in [1.29, 1.82) is 0 Å². The SMILES string of the molecule is [B]C(C)(N)O. The van der Waals surface area contributed by atoms with Crippen molar-refractivity contribution in [2.24, 2.45) is 5.73 Å². The Labute approximate surface area is 32.4 Å². The highest BCUT2D eigenvalue weighted by atomic mass is 16.3. The maximum atomic E-state index is 8.08. The molecule has 2 nitrogen and oxygen atoms in total. The number of rotatable bonds is 0. The van der Waals surface area contributed by atoms with Gasteiger partial charge in [-0.25, -0.2) is 0 Å². The molecule has 0 fully saturated rings. The lowest BCUT2D eigenvalue weighted by molar-refractivity contribution is 0.157. The van der Waals surface area contributed by atoms with E-state index < -0.39 is 5.62 Å². The molecule has 0 saturated heterocycles. The maximum Gasteiger partial charge on any atom is 0.134 e. The van der Waals surface area contributed by atoms with E-state index in [9.17, 15) is 0 Å². The Bertz CT molecular complexity index is 25.1. The summed E-state index contributed by atoms with van der Waals surface area (Å²) in [4.78, 5) is 0. The molecule has 2 radical (unpaired) electrons. The molecule has 0 aromatic rings. The second-order valence-electron chi connectivity index (χ2n) is 1.23. The standard InChI is InChI=1S/C2H6BNO/c1-2(3,4)5/h5H,4H2,1H3. The van der Waals surface area contributed by atoms with Crippen molar-refractivity contribution in [2.75, 3.05) is 0 Å². The molecule has 0 aromatic heterocycles. The smallest absolute Gasteiger partial charge is 0.134 e. The Morgan fingerprint density at radius 1 is 2.00 bits per heavy atom. The van der Waals surface area contributed by atoms with E-state index in [1.54, 1.807) is 0 Å². The van der Waals surface area contributed by atoms with Gasteiger partial charge in [-0.05, 0) is 6.92 Å². The molecule has 0 aliphatic rings. The number of hydrogen-bond donors (Lipinski definition) is 2. The third-order valence-electron chi connectivity index (χ3n) is 0. The van der Waals surface area contributed by atoms with Crippen LogP contribution in [-0.2, 0) is 0 Å². The summed E-state index contributed by atoms with van der Waals surface area (Å²) in [6.07, 6.45) is 0. The van der Waals surface area contributed by atoms with Gasteiger partial charge in [0.25, 0.3) is 0 Å². The summed E-state index contributed by atoms with van der Waals surface area (Å²) in [5, 5.41) is 8.08. The first-order valence-electron chi connectivity index (χ1n) is 1.30. The van der Waals surface area contributed by atoms with Crippen LogP contribution in [-0.4, -0.2) is 18.6 Å². The van der Waals surface area contributed by atoms with Gasteiger partial charge in [-0.2, -0.15) is 0 Å². The van der Waals surface area contributed by atoms with Gasteiger partial charge in [-0.3, -0.25) is 0 Å². The predicted molar refractivity (Wildman–Crippen MR) is 20.6 cm³/mol. The molecule has 0 bridgehead atoms. The fourth-order valence-corrected chi connectivity index (χ4v) is 0. The average Bonchev–Trinajstić information content (AvgIpc) is 0.722. The second kappa shape index (κ2) is 0.991. The lowest BCUT2D eigenvalue weighted by Crippen LogP contribution is -2.35. The van der Waals surface area contributed by atoms with Crippen LogP contribution in [0.3, 0.4) is 0 Å². The monoisotopic (exact) mass is 71.1 g/mol. The van der Waals surface area contributed by atoms with Crippen LogP contribution in [0.15, 0.2) is 0 Å². The van der Waals surface area contributed by atoms with Crippen LogP contribution in [0, 0.1) is 0 Å². The largest absolute Gasteiger partial charge is 0.386 e. The highest BCUT2D eigenvalue weighted by Crippen LogP contribution is 1.75. The molecule has 5 heavy (non-hydrogen) atoms. The average molecular weight is 70.9 g/mol. The van der Waals surface area contributed by atoms with Gasteiger partial charge in [0, 0.05) is 0 Å². The van der Waals surface area contributed by atoms with Gasteiger partial charge in [0.2, 0.25) is 0 Å². The van der Waals surface area contributed by atoms with Crippen molar-refractivity contribution in [1.82, 2.24) is 0 Å². The van der Waals surface area contributed by atoms with E-state index >= 15 is 0 Å². The van der Waals surface area contributed by atoms with E-state index in [2.05, 4.69) is 13.6 Å². The summed E-state index contributed by atoms with van der Waals surface area (Å²) in [6, 6.07) is 0. The number of nitrogens with two attached hydrogens (primary N) is 1. The third-order valence-corrected chi connectivity index (χ3v) is 0. The predicted octanol–water partition coefficient (Wildman–Crippen LogP) is -1.22. The molecule has 3 N–H and O–H groups in total. The third kappa shape index (κ3) is 69200. The normalized spacial score (nSPS) is 21.4. The van der Waals surface area contributed by atoms with Crippen LogP contribution in [0.1, 0.15) is 6.92 Å². The summed E-state index contributed by atoms with van der Waals surface area (Å²) in [5.41, 5.74) is 3.19. The van der Waals surface area contributed by atoms with Crippen molar-refractivity contribution >= 4 is 7.85 Å². The van der Waals surface area contributed by atoms with Crippen molar-refractivity contribution < 1.29 is 5.11 Å². The Morgan fingerprint density at radius 2 is 2.00 bits per heavy atom. The molecule has 0 spiro atoms. The zero-order valence-electron chi connectivity index (χ0n) is 3.10. The molecule has 28 valence electrons. The first kappa shape index (κ1) is 4.98. The Kier molecular flexibility index (Phi) is 0.988. The highest BCUT2D eigenvalue weighted by molar-refractivity contribution is 6.13. The van der Waals surface area contributed by atoms with Gasteiger partial charge in [0.15, 0.2) is 0 Å². The summed E-state index contributed by atoms with van der Waals surface area (Å²) in [5.74, 6) is 0. The lowest BCUT2D eigenvalue weighted by atomic mass is 9.95. The maximum absolute atomic E-state index is 8.08. The molecule has 1 atom stereocenters. The molecule has 0 aliphatic heterocycles. The van der Waals surface area contributed by atoms with Crippen molar-refractivity contribution in [2.45, 2.75) is 12.5 Å². The minimum absolute atomic E-state index is 1.30. The first-order valence-corrected chi connectivity index (χ1v) is 1.30. The molecule has 1 unspecified atom stereocenters. The van der Waals surface area contributed by atoms with E-state index in [1.165, 1.54) is 6.92 Å². The van der Waals surface area contributed by atoms with Gasteiger partial charge >= 0.3 is 0 Å². The van der Waals surface area contributed by atoms with Gasteiger partial charge in [-0.1, -0.05) is 0 Å². The lowest BCUT2D eigenvalue weighted by Gasteiger charge is -2.06. The molecular formula is C2H6BNO. The summed E-state index contributed by atoms with van der Waals surface area (Å²) >= 11 is 0. The summed E-state index contributed by atoms with van der Waals surface area (Å²) in [7, 11) is 4.69. The molecular weight excluding hydrogens is 64.8 g/mol. The first-order chi connectivity index (χ1) is 2.00. The van der Waals surface area contributed by atoms with E-state index in [4.69, 9.17) is 5.11 Å². The molecule has 0 saturated carbocycles. The second-order valence-corrected chi connectivity index (χ2v) is 1.23. The van der Waals surface area contributed by atoms with Crippen LogP contribution < -0.4 is 5.73 Å². The van der Waals surface area contributed by atoms with E-state index in [0.717, 1.165) is 0 Å². The molecule has 3 heteroatoms. The van der Waals surface area contributed by atoms with Crippen molar-refractivity contribution in [3.8, 4) is 0 Å². The van der Waals surface area contributed by atoms with Crippen LogP contribution in [0.4, 0.5) is 0 Å². The Hall–Kier alpha value is -0.0151. The number of hydrogen-bond acceptors (Lipinski definition) is 2. The zero-order valence-corrected chi connectivity index (χ0v) is 3.10. The van der Waals surface area contributed by atoms with Crippen molar-refractivity contribution in [3.63, 3.8) is 0 Å². The van der Waals surface area contributed by atoms with Crippen LogP contribution >= 0.6 is 0 Å². The van der Waals surface area contributed by atoms with Gasteiger partial charge in [0.05, 0.1) is 5.62 Å². The van der Waals surface area contributed by atoms with Gasteiger partial charge < -0.3 is 10.8 Å². The molecule has 0 rings (SSSR count). The zero-order chi connectivity index (χ0) is 4.50. The fourth-order valence-electron chi connectivity index (χ4n) is 0. The highest BCUT2D eigenvalue weighted by Gasteiger charge is 1.97. The number of aliphatic hydroxyl groups is 1. The molecule has 0 aliphatic carbocycles. The van der Waals surface area contributed by atoms with Crippen molar-refractivity contribution in [3.05, 3.63) is 0 Å².